The Kier molecular flexibility index (Phi) is 5.00. The second kappa shape index (κ2) is 7.95. The highest BCUT2D eigenvalue weighted by Crippen LogP contribution is 2.38. The number of aromatic nitrogens is 4. The molecule has 2 aliphatic heterocycles. The molecule has 0 bridgehead atoms. The predicted octanol–water partition coefficient (Wildman–Crippen LogP) is 3.13. The van der Waals surface area contributed by atoms with Crippen molar-refractivity contribution < 1.29 is 14.3 Å². The maximum absolute atomic E-state index is 13.0. The Bertz CT molecular complexity index is 1090. The van der Waals surface area contributed by atoms with Crippen LogP contribution in [-0.4, -0.2) is 50.8 Å². The molecule has 9 heteroatoms. The van der Waals surface area contributed by atoms with Gasteiger partial charge in [-0.15, -0.1) is 10.2 Å². The first kappa shape index (κ1) is 18.9. The monoisotopic (exact) mass is 425 g/mol. The zero-order valence-corrected chi connectivity index (χ0v) is 17.0. The summed E-state index contributed by atoms with van der Waals surface area (Å²) in [5, 5.41) is 13.0. The van der Waals surface area contributed by atoms with Crippen molar-refractivity contribution in [3.05, 3.63) is 53.1 Å². The molecule has 0 saturated carbocycles. The summed E-state index contributed by atoms with van der Waals surface area (Å²) in [6, 6.07) is 13.2. The van der Waals surface area contributed by atoms with Gasteiger partial charge in [0.2, 0.25) is 11.7 Å². The Morgan fingerprint density at radius 1 is 1.13 bits per heavy atom. The van der Waals surface area contributed by atoms with Crippen molar-refractivity contribution in [1.29, 1.82) is 0 Å². The standard InChI is InChI=1S/C21H20ClN5O3/c22-16-5-2-1-4-15(16)21-23-25-27(24-21)13-20(28)26-9-3-6-17(26)14-7-8-18-19(12-14)30-11-10-29-18/h1-2,4-5,7-8,12,17H,3,6,9-11,13H2/t17-/m1/s1. The van der Waals surface area contributed by atoms with Crippen LogP contribution in [0.15, 0.2) is 42.5 Å². The molecule has 1 atom stereocenters. The largest absolute Gasteiger partial charge is 0.486 e. The van der Waals surface area contributed by atoms with Crippen LogP contribution in [0.2, 0.25) is 5.02 Å². The van der Waals surface area contributed by atoms with E-state index in [4.69, 9.17) is 21.1 Å². The third kappa shape index (κ3) is 3.59. The van der Waals surface area contributed by atoms with Gasteiger partial charge in [-0.2, -0.15) is 4.80 Å². The SMILES string of the molecule is O=C(Cn1nnc(-c2ccccc2Cl)n1)N1CCC[C@@H]1c1ccc2c(c1)OCCO2. The number of halogens is 1. The molecule has 3 aromatic rings. The topological polar surface area (TPSA) is 82.4 Å². The number of amides is 1. The van der Waals surface area contributed by atoms with Gasteiger partial charge < -0.3 is 14.4 Å². The van der Waals surface area contributed by atoms with E-state index < -0.39 is 0 Å². The second-order valence-corrected chi connectivity index (χ2v) is 7.68. The van der Waals surface area contributed by atoms with E-state index in [0.717, 1.165) is 29.9 Å². The van der Waals surface area contributed by atoms with Crippen LogP contribution in [0.1, 0.15) is 24.4 Å². The summed E-state index contributed by atoms with van der Waals surface area (Å²) in [7, 11) is 0. The van der Waals surface area contributed by atoms with Gasteiger partial charge in [0.25, 0.3) is 0 Å². The number of carbonyl (C=O) groups excluding carboxylic acids is 1. The fraction of sp³-hybridized carbons (Fsp3) is 0.333. The van der Waals surface area contributed by atoms with Crippen LogP contribution in [0.4, 0.5) is 0 Å². The molecule has 0 aliphatic carbocycles. The minimum Gasteiger partial charge on any atom is -0.486 e. The minimum absolute atomic E-state index is 0.000105. The maximum atomic E-state index is 13.0. The number of tetrazole rings is 1. The highest BCUT2D eigenvalue weighted by Gasteiger charge is 2.31. The van der Waals surface area contributed by atoms with E-state index in [9.17, 15) is 4.79 Å². The zero-order chi connectivity index (χ0) is 20.5. The van der Waals surface area contributed by atoms with Gasteiger partial charge in [-0.1, -0.05) is 29.8 Å². The van der Waals surface area contributed by atoms with E-state index in [2.05, 4.69) is 15.4 Å². The van der Waals surface area contributed by atoms with Crippen LogP contribution in [0.3, 0.4) is 0 Å². The number of fused-ring (bicyclic) bond motifs is 1. The van der Waals surface area contributed by atoms with Crippen LogP contribution in [-0.2, 0) is 11.3 Å². The lowest BCUT2D eigenvalue weighted by Gasteiger charge is -2.26. The van der Waals surface area contributed by atoms with Crippen LogP contribution < -0.4 is 9.47 Å². The van der Waals surface area contributed by atoms with Crippen LogP contribution in [0, 0.1) is 0 Å². The number of carbonyl (C=O) groups is 1. The molecular formula is C21H20ClN5O3. The molecule has 2 aromatic carbocycles. The molecule has 154 valence electrons. The lowest BCUT2D eigenvalue weighted by atomic mass is 10.0. The third-order valence-electron chi connectivity index (χ3n) is 5.37. The number of ether oxygens (including phenoxy) is 2. The average Bonchev–Trinajstić information content (AvgIpc) is 3.43. The van der Waals surface area contributed by atoms with E-state index in [1.165, 1.54) is 4.80 Å². The van der Waals surface area contributed by atoms with Gasteiger partial charge >= 0.3 is 0 Å². The van der Waals surface area contributed by atoms with E-state index >= 15 is 0 Å². The Balaban J connectivity index is 1.32. The predicted molar refractivity (Wildman–Crippen MR) is 109 cm³/mol. The Morgan fingerprint density at radius 2 is 1.97 bits per heavy atom. The smallest absolute Gasteiger partial charge is 0.246 e. The fourth-order valence-electron chi connectivity index (χ4n) is 3.95. The van der Waals surface area contributed by atoms with Gasteiger partial charge in [0.1, 0.15) is 19.8 Å². The van der Waals surface area contributed by atoms with Crippen molar-refractivity contribution in [2.45, 2.75) is 25.4 Å². The van der Waals surface area contributed by atoms with Crippen molar-refractivity contribution in [3.8, 4) is 22.9 Å². The quantitative estimate of drug-likeness (QED) is 0.638. The molecule has 0 radical (unpaired) electrons. The van der Waals surface area contributed by atoms with E-state index in [-0.39, 0.29) is 18.5 Å². The summed E-state index contributed by atoms with van der Waals surface area (Å²) in [5.41, 5.74) is 1.74. The highest BCUT2D eigenvalue weighted by molar-refractivity contribution is 6.33. The summed E-state index contributed by atoms with van der Waals surface area (Å²) in [4.78, 5) is 16.2. The molecule has 0 spiro atoms. The molecule has 3 heterocycles. The van der Waals surface area contributed by atoms with Crippen molar-refractivity contribution in [2.75, 3.05) is 19.8 Å². The number of benzene rings is 2. The Labute approximate surface area is 178 Å². The van der Waals surface area contributed by atoms with Crippen molar-refractivity contribution in [3.63, 3.8) is 0 Å². The highest BCUT2D eigenvalue weighted by atomic mass is 35.5. The number of rotatable bonds is 4. The molecule has 1 saturated heterocycles. The molecule has 5 rings (SSSR count). The second-order valence-electron chi connectivity index (χ2n) is 7.27. The Hall–Kier alpha value is -3.13. The van der Waals surface area contributed by atoms with Gasteiger partial charge in [-0.05, 0) is 47.9 Å². The van der Waals surface area contributed by atoms with Gasteiger partial charge in [-0.3, -0.25) is 4.79 Å². The summed E-state index contributed by atoms with van der Waals surface area (Å²) in [5.74, 6) is 1.84. The van der Waals surface area contributed by atoms with Crippen LogP contribution >= 0.6 is 11.6 Å². The molecule has 2 aliphatic rings. The van der Waals surface area contributed by atoms with E-state index in [1.807, 2.05) is 41.3 Å². The summed E-state index contributed by atoms with van der Waals surface area (Å²) < 4.78 is 11.3. The Morgan fingerprint density at radius 3 is 2.83 bits per heavy atom. The van der Waals surface area contributed by atoms with Crippen LogP contribution in [0.25, 0.3) is 11.4 Å². The minimum atomic E-state index is -0.0458. The summed E-state index contributed by atoms with van der Waals surface area (Å²) in [6.45, 7) is 1.82. The van der Waals surface area contributed by atoms with E-state index in [1.54, 1.807) is 6.07 Å². The first-order valence-electron chi connectivity index (χ1n) is 9.91. The third-order valence-corrected chi connectivity index (χ3v) is 5.70. The molecular weight excluding hydrogens is 406 g/mol. The first-order valence-corrected chi connectivity index (χ1v) is 10.3. The molecule has 1 aromatic heterocycles. The van der Waals surface area contributed by atoms with E-state index in [0.29, 0.717) is 36.2 Å². The fourth-order valence-corrected chi connectivity index (χ4v) is 4.17. The van der Waals surface area contributed by atoms with Crippen molar-refractivity contribution in [1.82, 2.24) is 25.1 Å². The number of likely N-dealkylation sites (tertiary alicyclic amines) is 1. The number of nitrogens with zero attached hydrogens (tertiary/aromatic N) is 5. The van der Waals surface area contributed by atoms with Crippen molar-refractivity contribution >= 4 is 17.5 Å². The van der Waals surface area contributed by atoms with Gasteiger partial charge in [0.15, 0.2) is 11.5 Å². The van der Waals surface area contributed by atoms with Crippen LogP contribution in [0.5, 0.6) is 11.5 Å². The molecule has 8 nitrogen and oxygen atoms in total. The van der Waals surface area contributed by atoms with Crippen molar-refractivity contribution in [2.24, 2.45) is 0 Å². The zero-order valence-electron chi connectivity index (χ0n) is 16.2. The van der Waals surface area contributed by atoms with Gasteiger partial charge in [0.05, 0.1) is 11.1 Å². The molecule has 1 fully saturated rings. The molecule has 0 N–H and O–H groups in total. The molecule has 0 unspecified atom stereocenters. The summed E-state index contributed by atoms with van der Waals surface area (Å²) >= 11 is 6.20. The first-order chi connectivity index (χ1) is 14.7. The van der Waals surface area contributed by atoms with Gasteiger partial charge in [0, 0.05) is 12.1 Å². The lowest BCUT2D eigenvalue weighted by Crippen LogP contribution is -2.34. The number of hydrogen-bond donors (Lipinski definition) is 0. The normalized spacial score (nSPS) is 17.9. The number of hydrogen-bond acceptors (Lipinski definition) is 6. The summed E-state index contributed by atoms with van der Waals surface area (Å²) in [6.07, 6.45) is 1.85. The molecule has 30 heavy (non-hydrogen) atoms. The molecule has 1 amide bonds. The van der Waals surface area contributed by atoms with Gasteiger partial charge in [-0.25, -0.2) is 0 Å². The lowest BCUT2D eigenvalue weighted by molar-refractivity contribution is -0.133. The maximum Gasteiger partial charge on any atom is 0.246 e. The average molecular weight is 426 g/mol.